The smallest absolute Gasteiger partial charge is 0.469 e. The molecule has 41 heteroatoms. The summed E-state index contributed by atoms with van der Waals surface area (Å²) in [6.07, 6.45) is -2.55. The number of carbonyl (C=O) groups is 14. The second-order valence-corrected chi connectivity index (χ2v) is 29.0. The highest BCUT2D eigenvalue weighted by molar-refractivity contribution is 8.77. The molecule has 4 rings (SSSR count). The number of phosphoric ester groups is 1. The molecule has 13 unspecified atom stereocenters. The lowest BCUT2D eigenvalue weighted by molar-refractivity contribution is -0.143. The number of aliphatic carboxylic acids is 1. The van der Waals surface area contributed by atoms with Crippen LogP contribution < -0.4 is 70.0 Å². The number of nitrogens with zero attached hydrogens (tertiary/aromatic N) is 1. The Morgan fingerprint density at radius 1 is 0.616 bits per heavy atom. The first-order valence-corrected chi connectivity index (χ1v) is 35.3. The number of phosphoric acid groups is 1. The number of rotatable bonds is 9. The van der Waals surface area contributed by atoms with Gasteiger partial charge in [0, 0.05) is 41.1 Å². The average Bonchev–Trinajstić information content (AvgIpc) is 2.31. The summed E-state index contributed by atoms with van der Waals surface area (Å²) >= 11 is 0. The average molecular weight is 1350 g/mol. The number of hydrogen-bond donors (Lipinski definition) is 17. The van der Waals surface area contributed by atoms with E-state index in [0.717, 1.165) is 76.6 Å². The SMILES string of the molecule is CC(C)CC1NC(=O)C(COP(=O)(O)O)NC(=O)C2CSSCC3NC(=O)C(C)NC(=O)C4CCCN4C(=O)C(CC(N)=O)NC(=O)C(CSSCC(N)C(=O)N2)NC(=O)C(CSSCC(C(=O)O)NC(=O)CNC(=O)C(C(C)O)NC3=O)NC1=O. The normalized spacial score (nSPS) is 30.2. The predicted molar refractivity (Wildman–Crippen MR) is 316 cm³/mol. The Kier molecular flexibility index (Phi) is 29.8. The summed E-state index contributed by atoms with van der Waals surface area (Å²) in [4.78, 5) is 215. The van der Waals surface area contributed by atoms with Crippen LogP contribution in [0.1, 0.15) is 53.4 Å². The maximum atomic E-state index is 14.6. The van der Waals surface area contributed by atoms with E-state index < -0.39 is 223 Å². The minimum atomic E-state index is -5.42. The van der Waals surface area contributed by atoms with E-state index in [1.165, 1.54) is 6.92 Å². The summed E-state index contributed by atoms with van der Waals surface area (Å²) in [5, 5.41) is 47.0. The van der Waals surface area contributed by atoms with Gasteiger partial charge < -0.3 is 94.9 Å². The van der Waals surface area contributed by atoms with Crippen LogP contribution >= 0.6 is 72.6 Å². The predicted octanol–water partition coefficient (Wildman–Crippen LogP) is -7.03. The number of nitrogens with two attached hydrogens (primary N) is 2. The number of aliphatic hydroxyl groups is 1. The molecule has 4 aliphatic rings. The molecule has 0 aromatic heterocycles. The van der Waals surface area contributed by atoms with Crippen molar-refractivity contribution in [2.75, 3.05) is 54.2 Å². The third-order valence-electron chi connectivity index (χ3n) is 12.7. The van der Waals surface area contributed by atoms with E-state index in [1.807, 2.05) is 0 Å². The Hall–Kier alpha value is -5.29. The van der Waals surface area contributed by atoms with E-state index in [4.69, 9.17) is 11.5 Å². The van der Waals surface area contributed by atoms with E-state index in [9.17, 15) is 91.7 Å². The quantitative estimate of drug-likeness (QED) is 0.0579. The van der Waals surface area contributed by atoms with Crippen LogP contribution in [0.5, 0.6) is 0 Å². The van der Waals surface area contributed by atoms with Crippen molar-refractivity contribution in [1.29, 1.82) is 0 Å². The van der Waals surface area contributed by atoms with Gasteiger partial charge in [0.2, 0.25) is 76.8 Å². The summed E-state index contributed by atoms with van der Waals surface area (Å²) in [6.45, 7) is 3.30. The molecule has 0 aromatic rings. The topological polar surface area (TPSA) is 534 Å². The van der Waals surface area contributed by atoms with Crippen molar-refractivity contribution in [3.05, 3.63) is 0 Å². The van der Waals surface area contributed by atoms with E-state index in [1.54, 1.807) is 13.8 Å². The zero-order chi connectivity index (χ0) is 64.2. The Bertz CT molecular complexity index is 2600. The monoisotopic (exact) mass is 1350 g/mol. The molecule has 0 radical (unpaired) electrons. The number of hydrogen-bond acceptors (Lipinski definition) is 24. The highest BCUT2D eigenvalue weighted by Crippen LogP contribution is 2.36. The third kappa shape index (κ3) is 24.0. The van der Waals surface area contributed by atoms with Crippen LogP contribution in [0.4, 0.5) is 0 Å². The Labute approximate surface area is 515 Å². The number of carbonyl (C=O) groups excluding carboxylic acids is 13. The lowest BCUT2D eigenvalue weighted by Gasteiger charge is -2.30. The molecule has 19 N–H and O–H groups in total. The van der Waals surface area contributed by atoms with Crippen LogP contribution in [-0.2, 0) is 76.2 Å². The van der Waals surface area contributed by atoms with Crippen molar-refractivity contribution in [2.24, 2.45) is 17.4 Å². The number of aliphatic hydroxyl groups excluding tert-OH is 1. The van der Waals surface area contributed by atoms with Crippen LogP contribution in [0.25, 0.3) is 0 Å². The lowest BCUT2D eigenvalue weighted by Crippen LogP contribution is -2.62. The summed E-state index contributed by atoms with van der Waals surface area (Å²) in [5.74, 6) is -18.9. The van der Waals surface area contributed by atoms with Gasteiger partial charge in [-0.2, -0.15) is 0 Å². The van der Waals surface area contributed by atoms with Gasteiger partial charge in [-0.05, 0) is 39.0 Å². The van der Waals surface area contributed by atoms with E-state index in [2.05, 4.69) is 63.0 Å². The van der Waals surface area contributed by atoms with Crippen molar-refractivity contribution in [3.63, 3.8) is 0 Å². The van der Waals surface area contributed by atoms with Gasteiger partial charge in [-0.25, -0.2) is 9.36 Å². The fourth-order valence-electron chi connectivity index (χ4n) is 8.14. The zero-order valence-electron chi connectivity index (χ0n) is 46.6. The van der Waals surface area contributed by atoms with Crippen molar-refractivity contribution in [2.45, 2.75) is 132 Å². The van der Waals surface area contributed by atoms with Gasteiger partial charge in [-0.15, -0.1) is 0 Å². The van der Waals surface area contributed by atoms with Crippen LogP contribution in [0.2, 0.25) is 0 Å². The zero-order valence-corrected chi connectivity index (χ0v) is 52.4. The highest BCUT2D eigenvalue weighted by Gasteiger charge is 2.42. The number of fused-ring (bicyclic) bond motifs is 20. The number of carboxylic acid groups (broad SMARTS) is 1. The molecular weight excluding hydrogens is 1280 g/mol. The van der Waals surface area contributed by atoms with Gasteiger partial charge in [0.25, 0.3) is 0 Å². The van der Waals surface area contributed by atoms with Crippen molar-refractivity contribution >= 4 is 155 Å². The molecule has 0 saturated carbocycles. The first-order chi connectivity index (χ1) is 40.3. The first-order valence-electron chi connectivity index (χ1n) is 26.3. The lowest BCUT2D eigenvalue weighted by atomic mass is 10.0. The number of nitrogens with one attached hydrogen (secondary N) is 11. The third-order valence-corrected chi connectivity index (χ3v) is 20.4. The molecule has 13 amide bonds. The van der Waals surface area contributed by atoms with Crippen molar-refractivity contribution in [1.82, 2.24) is 63.4 Å². The molecule has 0 spiro atoms. The second kappa shape index (κ2) is 35.0. The number of carboxylic acids is 1. The summed E-state index contributed by atoms with van der Waals surface area (Å²) in [6, 6.07) is -20.3. The Morgan fingerprint density at radius 3 is 1.63 bits per heavy atom. The maximum absolute atomic E-state index is 14.6. The van der Waals surface area contributed by atoms with E-state index in [-0.39, 0.29) is 31.6 Å². The van der Waals surface area contributed by atoms with Crippen LogP contribution in [0, 0.1) is 5.92 Å². The standard InChI is InChI=1S/C45H71N14O20PS6/c1-18(2)8-22-36(65)56-27-15-85-86-17-29(45(74)75)50-32(62)10-48-43(72)33(20(4)60)58-41(70)28-16-84-83-13-25(39(68)53-24(37(66)51-22)11-79-80(76,77)78)55-35(64)21(46)12-81-82-14-26(57-40(27)69)38(67)52-23(9-31(47)61)44(73)59-7-5-6-30(59)42(71)49-19(3)34(63)54-28/h18-30,33,60H,5-17,46H2,1-4H3,(H2,47,61)(H,48,72)(H,49,71)(H,50,62)(H,51,66)(H,52,67)(H,53,68)(H,54,63)(H,55,64)(H,56,65)(H,57,69)(H,58,70)(H,74,75)(H2,76,77,78). The highest BCUT2D eigenvalue weighted by atomic mass is 33.1. The molecule has 34 nitrogen and oxygen atoms in total. The summed E-state index contributed by atoms with van der Waals surface area (Å²) < 4.78 is 16.7. The first kappa shape index (κ1) is 73.2. The van der Waals surface area contributed by atoms with E-state index in [0.29, 0.717) is 0 Å². The van der Waals surface area contributed by atoms with Crippen LogP contribution in [0.3, 0.4) is 0 Å². The fraction of sp³-hybridized carbons (Fsp3) is 0.689. The Balaban J connectivity index is 2.02. The summed E-state index contributed by atoms with van der Waals surface area (Å²) in [7, 11) is -0.651. The molecule has 4 saturated heterocycles. The minimum Gasteiger partial charge on any atom is -0.480 e. The van der Waals surface area contributed by atoms with Crippen molar-refractivity contribution < 1.29 is 96.2 Å². The molecule has 4 bridgehead atoms. The van der Waals surface area contributed by atoms with Crippen LogP contribution in [-0.4, -0.2) is 240 Å². The fourth-order valence-corrected chi connectivity index (χ4v) is 15.4. The molecule has 4 heterocycles. The largest absolute Gasteiger partial charge is 0.480 e. The molecule has 0 aromatic carbocycles. The molecule has 4 aliphatic heterocycles. The summed E-state index contributed by atoms with van der Waals surface area (Å²) in [5.41, 5.74) is 11.9. The van der Waals surface area contributed by atoms with Gasteiger partial charge in [0.15, 0.2) is 0 Å². The number of amides is 13. The molecule has 0 aliphatic carbocycles. The molecule has 482 valence electrons. The number of primary amides is 1. The van der Waals surface area contributed by atoms with Gasteiger partial charge in [0.05, 0.1) is 31.7 Å². The minimum absolute atomic E-state index is 0.0153. The molecule has 13 atom stereocenters. The van der Waals surface area contributed by atoms with E-state index >= 15 is 0 Å². The Morgan fingerprint density at radius 2 is 1.09 bits per heavy atom. The van der Waals surface area contributed by atoms with Gasteiger partial charge in [0.1, 0.15) is 66.5 Å². The van der Waals surface area contributed by atoms with Gasteiger partial charge >= 0.3 is 13.8 Å². The van der Waals surface area contributed by atoms with Gasteiger partial charge in [-0.1, -0.05) is 78.6 Å². The maximum Gasteiger partial charge on any atom is 0.469 e. The van der Waals surface area contributed by atoms with Crippen molar-refractivity contribution in [3.8, 4) is 0 Å². The molecule has 4 fully saturated rings. The molecular formula is C45H71N14O20PS6. The van der Waals surface area contributed by atoms with Gasteiger partial charge in [-0.3, -0.25) is 66.9 Å². The second-order valence-electron chi connectivity index (χ2n) is 20.2. The van der Waals surface area contributed by atoms with Crippen LogP contribution in [0.15, 0.2) is 0 Å². The molecule has 86 heavy (non-hydrogen) atoms.